The van der Waals surface area contributed by atoms with Crippen LogP contribution in [0.1, 0.15) is 19.8 Å². The van der Waals surface area contributed by atoms with Crippen molar-refractivity contribution in [3.8, 4) is 0 Å². The van der Waals surface area contributed by atoms with E-state index in [0.29, 0.717) is 4.90 Å². The van der Waals surface area contributed by atoms with E-state index in [9.17, 15) is 16.8 Å². The third-order valence-electron chi connectivity index (χ3n) is 3.82. The Morgan fingerprint density at radius 1 is 1.09 bits per heavy atom. The molecule has 1 aliphatic rings. The fraction of sp³-hybridized carbons (Fsp3) is 0.571. The monoisotopic (exact) mass is 346 g/mol. The summed E-state index contributed by atoms with van der Waals surface area (Å²) >= 11 is 0. The molecule has 1 heterocycles. The van der Waals surface area contributed by atoms with E-state index in [1.54, 1.807) is 19.1 Å². The van der Waals surface area contributed by atoms with E-state index >= 15 is 0 Å². The number of rotatable bonds is 5. The molecule has 1 aromatic rings. The number of nitrogens with one attached hydrogen (secondary N) is 1. The van der Waals surface area contributed by atoms with Crippen molar-refractivity contribution in [3.05, 3.63) is 24.3 Å². The zero-order chi connectivity index (χ0) is 16.4. The number of piperidine rings is 1. The molecular weight excluding hydrogens is 324 g/mol. The standard InChI is InChI=1S/C14H22N2O4S2/c1-3-22(19,20)14-6-4-13(5-7-14)16-10-8-12(9-11-16)15-21(2,17)18/h4-7,12,15H,3,8-11H2,1-2H3. The van der Waals surface area contributed by atoms with E-state index in [-0.39, 0.29) is 11.8 Å². The first-order valence-electron chi connectivity index (χ1n) is 7.26. The average molecular weight is 346 g/mol. The van der Waals surface area contributed by atoms with Crippen molar-refractivity contribution in [2.45, 2.75) is 30.7 Å². The van der Waals surface area contributed by atoms with Gasteiger partial charge in [0.2, 0.25) is 10.0 Å². The van der Waals surface area contributed by atoms with Crippen LogP contribution < -0.4 is 9.62 Å². The van der Waals surface area contributed by atoms with Gasteiger partial charge in [0.05, 0.1) is 16.9 Å². The summed E-state index contributed by atoms with van der Waals surface area (Å²) in [5, 5.41) is 0. The number of hydrogen-bond donors (Lipinski definition) is 1. The van der Waals surface area contributed by atoms with Gasteiger partial charge in [-0.1, -0.05) is 6.92 Å². The van der Waals surface area contributed by atoms with Gasteiger partial charge < -0.3 is 4.90 Å². The summed E-state index contributed by atoms with van der Waals surface area (Å²) in [6, 6.07) is 6.87. The molecule has 0 spiro atoms. The number of sulfonamides is 1. The second-order valence-corrected chi connectivity index (χ2v) is 9.61. The predicted molar refractivity (Wildman–Crippen MR) is 87.4 cm³/mol. The van der Waals surface area contributed by atoms with Crippen LogP contribution in [0.4, 0.5) is 5.69 Å². The van der Waals surface area contributed by atoms with E-state index in [4.69, 9.17) is 0 Å². The van der Waals surface area contributed by atoms with Gasteiger partial charge in [-0.3, -0.25) is 0 Å². The van der Waals surface area contributed by atoms with Crippen molar-refractivity contribution < 1.29 is 16.8 Å². The van der Waals surface area contributed by atoms with Crippen molar-refractivity contribution in [2.24, 2.45) is 0 Å². The maximum atomic E-state index is 11.8. The quantitative estimate of drug-likeness (QED) is 0.860. The van der Waals surface area contributed by atoms with E-state index in [0.717, 1.165) is 31.6 Å². The molecule has 0 atom stereocenters. The lowest BCUT2D eigenvalue weighted by Gasteiger charge is -2.33. The fourth-order valence-electron chi connectivity index (χ4n) is 2.59. The van der Waals surface area contributed by atoms with Crippen LogP contribution in [0, 0.1) is 0 Å². The van der Waals surface area contributed by atoms with Crippen molar-refractivity contribution >= 4 is 25.5 Å². The molecule has 6 nitrogen and oxygen atoms in total. The van der Waals surface area contributed by atoms with Gasteiger partial charge in [0.1, 0.15) is 0 Å². The number of hydrogen-bond acceptors (Lipinski definition) is 5. The van der Waals surface area contributed by atoms with Crippen LogP contribution in [0.3, 0.4) is 0 Å². The summed E-state index contributed by atoms with van der Waals surface area (Å²) in [4.78, 5) is 2.48. The van der Waals surface area contributed by atoms with Crippen molar-refractivity contribution in [1.29, 1.82) is 0 Å². The normalized spacial score (nSPS) is 17.6. The van der Waals surface area contributed by atoms with Crippen molar-refractivity contribution in [2.75, 3.05) is 30.0 Å². The Kier molecular flexibility index (Phi) is 5.14. The van der Waals surface area contributed by atoms with Gasteiger partial charge in [0.25, 0.3) is 0 Å². The average Bonchev–Trinajstić information content (AvgIpc) is 2.46. The summed E-state index contributed by atoms with van der Waals surface area (Å²) in [5.41, 5.74) is 0.966. The molecular formula is C14H22N2O4S2. The highest BCUT2D eigenvalue weighted by molar-refractivity contribution is 7.91. The van der Waals surface area contributed by atoms with E-state index in [2.05, 4.69) is 9.62 Å². The first kappa shape index (κ1) is 17.2. The lowest BCUT2D eigenvalue weighted by molar-refractivity contribution is 0.461. The summed E-state index contributed by atoms with van der Waals surface area (Å²) in [6.07, 6.45) is 2.65. The molecule has 2 rings (SSSR count). The highest BCUT2D eigenvalue weighted by atomic mass is 32.2. The first-order valence-corrected chi connectivity index (χ1v) is 10.8. The largest absolute Gasteiger partial charge is 0.371 e. The van der Waals surface area contributed by atoms with Crippen LogP contribution in [-0.4, -0.2) is 48.0 Å². The molecule has 124 valence electrons. The molecule has 0 amide bonds. The number of benzene rings is 1. The summed E-state index contributed by atoms with van der Waals surface area (Å²) in [7, 11) is -6.34. The van der Waals surface area contributed by atoms with Gasteiger partial charge in [-0.15, -0.1) is 0 Å². The molecule has 1 fully saturated rings. The zero-order valence-corrected chi connectivity index (χ0v) is 14.5. The van der Waals surface area contributed by atoms with Gasteiger partial charge in [-0.2, -0.15) is 0 Å². The van der Waals surface area contributed by atoms with Crippen LogP contribution in [0.5, 0.6) is 0 Å². The van der Waals surface area contributed by atoms with E-state index < -0.39 is 19.9 Å². The Morgan fingerprint density at radius 2 is 1.64 bits per heavy atom. The van der Waals surface area contributed by atoms with Crippen LogP contribution in [0.15, 0.2) is 29.2 Å². The molecule has 0 bridgehead atoms. The molecule has 0 aromatic heterocycles. The summed E-state index contributed by atoms with van der Waals surface area (Å²) < 4.78 is 48.7. The lowest BCUT2D eigenvalue weighted by Crippen LogP contribution is -2.44. The van der Waals surface area contributed by atoms with E-state index in [1.165, 1.54) is 6.26 Å². The zero-order valence-electron chi connectivity index (χ0n) is 12.8. The van der Waals surface area contributed by atoms with Crippen molar-refractivity contribution in [1.82, 2.24) is 4.72 Å². The van der Waals surface area contributed by atoms with Gasteiger partial charge in [-0.05, 0) is 37.1 Å². The molecule has 1 saturated heterocycles. The number of nitrogens with zero attached hydrogens (tertiary/aromatic N) is 1. The van der Waals surface area contributed by atoms with E-state index in [1.807, 2.05) is 12.1 Å². The molecule has 1 aromatic carbocycles. The lowest BCUT2D eigenvalue weighted by atomic mass is 10.1. The third-order valence-corrected chi connectivity index (χ3v) is 6.33. The highest BCUT2D eigenvalue weighted by Crippen LogP contribution is 2.22. The fourth-order valence-corrected chi connectivity index (χ4v) is 4.31. The molecule has 0 saturated carbocycles. The Bertz CT molecular complexity index is 704. The SMILES string of the molecule is CCS(=O)(=O)c1ccc(N2CCC(NS(C)(=O)=O)CC2)cc1. The van der Waals surface area contributed by atoms with Crippen LogP contribution in [0.25, 0.3) is 0 Å². The highest BCUT2D eigenvalue weighted by Gasteiger charge is 2.22. The molecule has 22 heavy (non-hydrogen) atoms. The van der Waals surface area contributed by atoms with Crippen LogP contribution in [-0.2, 0) is 19.9 Å². The van der Waals surface area contributed by atoms with Crippen LogP contribution in [0.2, 0.25) is 0 Å². The maximum Gasteiger partial charge on any atom is 0.208 e. The summed E-state index contributed by atoms with van der Waals surface area (Å²) in [5.74, 6) is 0.0922. The minimum absolute atomic E-state index is 0.0222. The number of sulfone groups is 1. The molecule has 0 aliphatic carbocycles. The minimum atomic E-state index is -3.17. The molecule has 0 unspecified atom stereocenters. The van der Waals surface area contributed by atoms with Gasteiger partial charge >= 0.3 is 0 Å². The third kappa shape index (κ3) is 4.44. The van der Waals surface area contributed by atoms with Gasteiger partial charge in [0, 0.05) is 24.8 Å². The Balaban J connectivity index is 2.00. The molecule has 0 radical (unpaired) electrons. The topological polar surface area (TPSA) is 83.6 Å². The first-order chi connectivity index (χ1) is 10.2. The summed E-state index contributed by atoms with van der Waals surface area (Å²) in [6.45, 7) is 3.11. The molecule has 8 heteroatoms. The predicted octanol–water partition coefficient (Wildman–Crippen LogP) is 0.998. The Labute approximate surface area is 132 Å². The Hall–Kier alpha value is -1.12. The molecule has 1 N–H and O–H groups in total. The second kappa shape index (κ2) is 6.55. The van der Waals surface area contributed by atoms with Gasteiger partial charge in [-0.25, -0.2) is 21.6 Å². The van der Waals surface area contributed by atoms with Crippen molar-refractivity contribution in [3.63, 3.8) is 0 Å². The molecule has 1 aliphatic heterocycles. The van der Waals surface area contributed by atoms with Crippen LogP contribution >= 0.6 is 0 Å². The maximum absolute atomic E-state index is 11.8. The second-order valence-electron chi connectivity index (χ2n) is 5.55. The minimum Gasteiger partial charge on any atom is -0.371 e. The smallest absolute Gasteiger partial charge is 0.208 e. The number of anilines is 1. The Morgan fingerprint density at radius 3 is 2.09 bits per heavy atom. The van der Waals surface area contributed by atoms with Gasteiger partial charge in [0.15, 0.2) is 9.84 Å².